The lowest BCUT2D eigenvalue weighted by Gasteiger charge is -2.07. The SMILES string of the molecule is C[S@](=O)c1cccc(NC(=O)c2ncccc2Br)c1. The second-order valence-corrected chi connectivity index (χ2v) is 6.00. The zero-order valence-electron chi connectivity index (χ0n) is 10.1. The molecular weight excluding hydrogens is 328 g/mol. The molecule has 0 radical (unpaired) electrons. The maximum Gasteiger partial charge on any atom is 0.275 e. The largest absolute Gasteiger partial charge is 0.321 e. The second-order valence-electron chi connectivity index (χ2n) is 3.77. The number of nitrogens with zero attached hydrogens (tertiary/aromatic N) is 1. The van der Waals surface area contributed by atoms with E-state index < -0.39 is 10.8 Å². The Hall–Kier alpha value is -1.53. The van der Waals surface area contributed by atoms with E-state index in [0.717, 1.165) is 0 Å². The van der Waals surface area contributed by atoms with Crippen molar-refractivity contribution in [3.63, 3.8) is 0 Å². The lowest BCUT2D eigenvalue weighted by Crippen LogP contribution is -2.14. The van der Waals surface area contributed by atoms with E-state index in [-0.39, 0.29) is 5.91 Å². The fraction of sp³-hybridized carbons (Fsp3) is 0.0769. The number of nitrogens with one attached hydrogen (secondary N) is 1. The molecule has 0 fully saturated rings. The van der Waals surface area contributed by atoms with Gasteiger partial charge in [-0.3, -0.25) is 9.00 Å². The number of amides is 1. The van der Waals surface area contributed by atoms with Crippen LogP contribution >= 0.6 is 15.9 Å². The van der Waals surface area contributed by atoms with Crippen molar-refractivity contribution in [2.24, 2.45) is 0 Å². The molecule has 4 nitrogen and oxygen atoms in total. The lowest BCUT2D eigenvalue weighted by atomic mass is 10.3. The molecule has 0 aliphatic carbocycles. The molecule has 6 heteroatoms. The third kappa shape index (κ3) is 3.48. The number of hydrogen-bond donors (Lipinski definition) is 1. The lowest BCUT2D eigenvalue weighted by molar-refractivity contribution is 0.102. The first-order valence-electron chi connectivity index (χ1n) is 5.43. The van der Waals surface area contributed by atoms with E-state index >= 15 is 0 Å². The van der Waals surface area contributed by atoms with Gasteiger partial charge in [0.15, 0.2) is 0 Å². The highest BCUT2D eigenvalue weighted by atomic mass is 79.9. The van der Waals surface area contributed by atoms with Crippen molar-refractivity contribution in [3.8, 4) is 0 Å². The number of aromatic nitrogens is 1. The molecule has 1 aromatic carbocycles. The molecule has 2 rings (SSSR count). The van der Waals surface area contributed by atoms with Gasteiger partial charge < -0.3 is 5.32 Å². The second kappa shape index (κ2) is 6.08. The molecule has 0 spiro atoms. The highest BCUT2D eigenvalue weighted by molar-refractivity contribution is 9.10. The Morgan fingerprint density at radius 3 is 2.79 bits per heavy atom. The Balaban J connectivity index is 2.22. The normalized spacial score (nSPS) is 11.9. The number of rotatable bonds is 3. The summed E-state index contributed by atoms with van der Waals surface area (Å²) in [6, 6.07) is 10.4. The number of benzene rings is 1. The van der Waals surface area contributed by atoms with Crippen LogP contribution in [0.15, 0.2) is 52.0 Å². The Kier molecular flexibility index (Phi) is 4.44. The summed E-state index contributed by atoms with van der Waals surface area (Å²) >= 11 is 3.28. The van der Waals surface area contributed by atoms with Gasteiger partial charge in [0.25, 0.3) is 5.91 Å². The smallest absolute Gasteiger partial charge is 0.275 e. The number of carbonyl (C=O) groups is 1. The van der Waals surface area contributed by atoms with Crippen LogP contribution in [0, 0.1) is 0 Å². The number of hydrogen-bond acceptors (Lipinski definition) is 3. The molecule has 0 aliphatic heterocycles. The minimum absolute atomic E-state index is 0.311. The van der Waals surface area contributed by atoms with Crippen LogP contribution < -0.4 is 5.32 Å². The van der Waals surface area contributed by atoms with Gasteiger partial charge in [-0.2, -0.15) is 0 Å². The molecule has 19 heavy (non-hydrogen) atoms. The van der Waals surface area contributed by atoms with Crippen molar-refractivity contribution in [1.29, 1.82) is 0 Å². The first-order valence-corrected chi connectivity index (χ1v) is 7.78. The van der Waals surface area contributed by atoms with Gasteiger partial charge >= 0.3 is 0 Å². The fourth-order valence-electron chi connectivity index (χ4n) is 1.50. The quantitative estimate of drug-likeness (QED) is 0.936. The number of anilines is 1. The zero-order chi connectivity index (χ0) is 13.8. The summed E-state index contributed by atoms with van der Waals surface area (Å²) in [4.78, 5) is 16.7. The van der Waals surface area contributed by atoms with E-state index in [4.69, 9.17) is 0 Å². The molecule has 1 N–H and O–H groups in total. The molecule has 0 aliphatic rings. The topological polar surface area (TPSA) is 59.1 Å². The van der Waals surface area contributed by atoms with E-state index in [9.17, 15) is 9.00 Å². The summed E-state index contributed by atoms with van der Waals surface area (Å²) in [5.41, 5.74) is 0.903. The molecule has 1 atom stereocenters. The van der Waals surface area contributed by atoms with Crippen LogP contribution in [0.2, 0.25) is 0 Å². The van der Waals surface area contributed by atoms with Gasteiger partial charge in [-0.25, -0.2) is 4.98 Å². The maximum atomic E-state index is 12.0. The van der Waals surface area contributed by atoms with Crippen molar-refractivity contribution < 1.29 is 9.00 Å². The molecule has 0 saturated carbocycles. The Morgan fingerprint density at radius 1 is 1.32 bits per heavy atom. The Labute approximate surface area is 121 Å². The first-order chi connectivity index (χ1) is 9.08. The van der Waals surface area contributed by atoms with Crippen LogP contribution in [0.1, 0.15) is 10.5 Å². The van der Waals surface area contributed by atoms with Crippen molar-refractivity contribution >= 4 is 38.3 Å². The Morgan fingerprint density at radius 2 is 2.11 bits per heavy atom. The fourth-order valence-corrected chi connectivity index (χ4v) is 2.49. The summed E-state index contributed by atoms with van der Waals surface area (Å²) in [5.74, 6) is -0.313. The molecule has 1 heterocycles. The molecule has 0 unspecified atom stereocenters. The monoisotopic (exact) mass is 338 g/mol. The van der Waals surface area contributed by atoms with Crippen molar-refractivity contribution in [3.05, 3.63) is 52.8 Å². The van der Waals surface area contributed by atoms with Crippen LogP contribution in [0.5, 0.6) is 0 Å². The summed E-state index contributed by atoms with van der Waals surface area (Å²) in [5, 5.41) is 2.73. The molecule has 98 valence electrons. The van der Waals surface area contributed by atoms with Crippen LogP contribution in [-0.2, 0) is 10.8 Å². The summed E-state index contributed by atoms with van der Waals surface area (Å²) in [7, 11) is -1.08. The minimum Gasteiger partial charge on any atom is -0.321 e. The summed E-state index contributed by atoms with van der Waals surface area (Å²) in [6.45, 7) is 0. The predicted molar refractivity (Wildman–Crippen MR) is 78.7 cm³/mol. The van der Waals surface area contributed by atoms with Crippen LogP contribution in [0.3, 0.4) is 0 Å². The third-order valence-corrected chi connectivity index (χ3v) is 3.96. The average molecular weight is 339 g/mol. The number of halogens is 1. The molecule has 2 aromatic rings. The van der Waals surface area contributed by atoms with E-state index in [1.165, 1.54) is 0 Å². The van der Waals surface area contributed by atoms with Gasteiger partial charge in [0.2, 0.25) is 0 Å². The van der Waals surface area contributed by atoms with Gasteiger partial charge in [0, 0.05) is 38.3 Å². The summed E-state index contributed by atoms with van der Waals surface area (Å²) in [6.07, 6.45) is 3.15. The third-order valence-electron chi connectivity index (χ3n) is 2.40. The van der Waals surface area contributed by atoms with Crippen molar-refractivity contribution in [2.45, 2.75) is 4.90 Å². The van der Waals surface area contributed by atoms with E-state index in [1.807, 2.05) is 0 Å². The van der Waals surface area contributed by atoms with Crippen LogP contribution in [-0.4, -0.2) is 21.4 Å². The van der Waals surface area contributed by atoms with Gasteiger partial charge in [-0.05, 0) is 46.3 Å². The van der Waals surface area contributed by atoms with Crippen LogP contribution in [0.25, 0.3) is 0 Å². The molecule has 1 amide bonds. The maximum absolute atomic E-state index is 12.0. The van der Waals surface area contributed by atoms with Gasteiger partial charge in [0.1, 0.15) is 5.69 Å². The average Bonchev–Trinajstić information content (AvgIpc) is 2.39. The number of pyridine rings is 1. The molecule has 1 aromatic heterocycles. The molecule has 0 bridgehead atoms. The minimum atomic E-state index is -1.08. The predicted octanol–water partition coefficient (Wildman–Crippen LogP) is 2.83. The van der Waals surface area contributed by atoms with E-state index in [2.05, 4.69) is 26.2 Å². The highest BCUT2D eigenvalue weighted by Crippen LogP contribution is 2.17. The van der Waals surface area contributed by atoms with E-state index in [1.54, 1.807) is 48.9 Å². The van der Waals surface area contributed by atoms with Crippen molar-refractivity contribution in [2.75, 3.05) is 11.6 Å². The molecular formula is C13H11BrN2O2S. The van der Waals surface area contributed by atoms with Gasteiger partial charge in [0.05, 0.1) is 0 Å². The zero-order valence-corrected chi connectivity index (χ0v) is 12.5. The highest BCUT2D eigenvalue weighted by Gasteiger charge is 2.11. The standard InChI is InChI=1S/C13H11BrN2O2S/c1-19(18)10-5-2-4-9(8-10)16-13(17)12-11(14)6-3-7-15-12/h2-8H,1H3,(H,16,17)/t19-/m0/s1. The molecule has 0 saturated heterocycles. The van der Waals surface area contributed by atoms with Gasteiger partial charge in [-0.15, -0.1) is 0 Å². The Bertz CT molecular complexity index is 646. The van der Waals surface area contributed by atoms with Crippen LogP contribution in [0.4, 0.5) is 5.69 Å². The first kappa shape index (κ1) is 13.9. The summed E-state index contributed by atoms with van der Waals surface area (Å²) < 4.78 is 12.0. The van der Waals surface area contributed by atoms with Gasteiger partial charge in [-0.1, -0.05) is 6.07 Å². The van der Waals surface area contributed by atoms with Crippen molar-refractivity contribution in [1.82, 2.24) is 4.98 Å². The number of carbonyl (C=O) groups excluding carboxylic acids is 1. The van der Waals surface area contributed by atoms with E-state index in [0.29, 0.717) is 20.7 Å².